The monoisotopic (exact) mass is 429 g/mol. The lowest BCUT2D eigenvalue weighted by Gasteiger charge is -2.34. The lowest BCUT2D eigenvalue weighted by molar-refractivity contribution is -0.128. The number of benzene rings is 1. The van der Waals surface area contributed by atoms with Crippen LogP contribution < -0.4 is 30.2 Å². The van der Waals surface area contributed by atoms with E-state index in [2.05, 4.69) is 5.32 Å². The molecule has 2 amide bonds. The van der Waals surface area contributed by atoms with Crippen LogP contribution in [0.4, 0.5) is 5.69 Å². The quantitative estimate of drug-likeness (QED) is 0.654. The predicted molar refractivity (Wildman–Crippen MR) is 114 cm³/mol. The molecule has 8 nitrogen and oxygen atoms in total. The average molecular weight is 430 g/mol. The van der Waals surface area contributed by atoms with Crippen molar-refractivity contribution in [2.45, 2.75) is 32.7 Å². The molecule has 29 heavy (non-hydrogen) atoms. The molecule has 1 heterocycles. The molecule has 1 aromatic carbocycles. The van der Waals surface area contributed by atoms with Crippen LogP contribution in [0.3, 0.4) is 0 Å². The molecule has 3 N–H and O–H groups in total. The number of anilines is 1. The Morgan fingerprint density at radius 2 is 1.79 bits per heavy atom. The highest BCUT2D eigenvalue weighted by atomic mass is 35.5. The highest BCUT2D eigenvalue weighted by Crippen LogP contribution is 2.42. The summed E-state index contributed by atoms with van der Waals surface area (Å²) in [6, 6.07) is 3.41. The number of carbonyl (C=O) groups is 2. The van der Waals surface area contributed by atoms with Gasteiger partial charge in [0.15, 0.2) is 11.5 Å². The number of rotatable bonds is 8. The fraction of sp³-hybridized carbons (Fsp3) is 0.600. The van der Waals surface area contributed by atoms with Gasteiger partial charge in [-0.15, -0.1) is 12.4 Å². The first-order chi connectivity index (χ1) is 13.2. The van der Waals surface area contributed by atoms with Gasteiger partial charge in [0.25, 0.3) is 0 Å². The molecule has 9 heteroatoms. The second-order valence-electron chi connectivity index (χ2n) is 7.55. The van der Waals surface area contributed by atoms with E-state index in [1.165, 1.54) is 21.3 Å². The van der Waals surface area contributed by atoms with Gasteiger partial charge in [0, 0.05) is 31.6 Å². The number of hydrogen-bond acceptors (Lipinski definition) is 6. The molecule has 1 aliphatic heterocycles. The summed E-state index contributed by atoms with van der Waals surface area (Å²) in [5, 5.41) is 3.03. The molecule has 0 radical (unpaired) electrons. The Labute approximate surface area is 178 Å². The number of carbonyl (C=O) groups excluding carboxylic acids is 2. The standard InChI is InChI=1S/C20H31N3O5.ClH/c1-12(2)20(3,11-21)22-19(25)13-7-17(24)23(10-13)14-8-15(26-4)18(28-6)16(9-14)27-5;/h8-9,12-13H,7,10-11,21H2,1-6H3,(H,22,25);1H. The summed E-state index contributed by atoms with van der Waals surface area (Å²) in [6.45, 7) is 6.54. The van der Waals surface area contributed by atoms with Crippen LogP contribution >= 0.6 is 12.4 Å². The minimum atomic E-state index is -0.514. The molecule has 0 saturated carbocycles. The fourth-order valence-corrected chi connectivity index (χ4v) is 3.17. The van der Waals surface area contributed by atoms with E-state index in [1.807, 2.05) is 20.8 Å². The summed E-state index contributed by atoms with van der Waals surface area (Å²) in [7, 11) is 4.55. The number of hydrogen-bond donors (Lipinski definition) is 2. The maximum Gasteiger partial charge on any atom is 0.227 e. The Balaban J connectivity index is 0.00000420. The number of nitrogens with one attached hydrogen (secondary N) is 1. The van der Waals surface area contributed by atoms with Crippen LogP contribution in [0.25, 0.3) is 0 Å². The van der Waals surface area contributed by atoms with Crippen LogP contribution in [0.2, 0.25) is 0 Å². The van der Waals surface area contributed by atoms with E-state index in [4.69, 9.17) is 19.9 Å². The fourth-order valence-electron chi connectivity index (χ4n) is 3.17. The zero-order valence-corrected chi connectivity index (χ0v) is 18.7. The average Bonchev–Trinajstić information content (AvgIpc) is 3.08. The van der Waals surface area contributed by atoms with Gasteiger partial charge in [-0.2, -0.15) is 0 Å². The van der Waals surface area contributed by atoms with Crippen molar-refractivity contribution in [1.82, 2.24) is 5.32 Å². The first kappa shape index (κ1) is 24.8. The van der Waals surface area contributed by atoms with Gasteiger partial charge in [0.2, 0.25) is 17.6 Å². The number of methoxy groups -OCH3 is 3. The van der Waals surface area contributed by atoms with Crippen LogP contribution in [0.5, 0.6) is 17.2 Å². The molecule has 0 aliphatic carbocycles. The van der Waals surface area contributed by atoms with Crippen molar-refractivity contribution in [3.8, 4) is 17.2 Å². The Morgan fingerprint density at radius 1 is 1.24 bits per heavy atom. The Hall–Kier alpha value is -2.19. The molecule has 1 fully saturated rings. The van der Waals surface area contributed by atoms with Crippen LogP contribution in [0.1, 0.15) is 27.2 Å². The van der Waals surface area contributed by atoms with Crippen molar-refractivity contribution in [3.05, 3.63) is 12.1 Å². The van der Waals surface area contributed by atoms with Gasteiger partial charge in [-0.3, -0.25) is 9.59 Å². The van der Waals surface area contributed by atoms with E-state index in [9.17, 15) is 9.59 Å². The molecule has 164 valence electrons. The van der Waals surface area contributed by atoms with Gasteiger partial charge in [-0.1, -0.05) is 13.8 Å². The molecule has 2 atom stereocenters. The van der Waals surface area contributed by atoms with Crippen LogP contribution in [-0.4, -0.2) is 51.8 Å². The van der Waals surface area contributed by atoms with Crippen molar-refractivity contribution in [1.29, 1.82) is 0 Å². The van der Waals surface area contributed by atoms with E-state index < -0.39 is 11.5 Å². The molecule has 1 aliphatic rings. The van der Waals surface area contributed by atoms with Gasteiger partial charge in [-0.05, 0) is 12.8 Å². The molecule has 1 aromatic rings. The molecule has 0 aromatic heterocycles. The normalized spacial score (nSPS) is 18.1. The first-order valence-electron chi connectivity index (χ1n) is 9.33. The zero-order chi connectivity index (χ0) is 21.1. The van der Waals surface area contributed by atoms with E-state index in [-0.39, 0.29) is 43.1 Å². The third-order valence-electron chi connectivity index (χ3n) is 5.56. The van der Waals surface area contributed by atoms with Crippen molar-refractivity contribution in [2.24, 2.45) is 17.6 Å². The lowest BCUT2D eigenvalue weighted by atomic mass is 9.87. The minimum Gasteiger partial charge on any atom is -0.493 e. The maximum atomic E-state index is 12.8. The van der Waals surface area contributed by atoms with Gasteiger partial charge in [0.05, 0.1) is 38.5 Å². The summed E-state index contributed by atoms with van der Waals surface area (Å²) in [5.74, 6) is 0.783. The van der Waals surface area contributed by atoms with Gasteiger partial charge < -0.3 is 30.2 Å². The van der Waals surface area contributed by atoms with E-state index >= 15 is 0 Å². The lowest BCUT2D eigenvalue weighted by Crippen LogP contribution is -2.56. The summed E-state index contributed by atoms with van der Waals surface area (Å²) in [5.41, 5.74) is 5.94. The maximum absolute atomic E-state index is 12.8. The summed E-state index contributed by atoms with van der Waals surface area (Å²) in [6.07, 6.45) is 0.140. The van der Waals surface area contributed by atoms with Gasteiger partial charge in [0.1, 0.15) is 0 Å². The Bertz CT molecular complexity index is 718. The molecular formula is C20H32ClN3O5. The minimum absolute atomic E-state index is 0. The van der Waals surface area contributed by atoms with Crippen LogP contribution in [0, 0.1) is 11.8 Å². The van der Waals surface area contributed by atoms with Crippen LogP contribution in [0.15, 0.2) is 12.1 Å². The summed E-state index contributed by atoms with van der Waals surface area (Å²) >= 11 is 0. The van der Waals surface area contributed by atoms with Crippen molar-refractivity contribution < 1.29 is 23.8 Å². The summed E-state index contributed by atoms with van der Waals surface area (Å²) in [4.78, 5) is 27.0. The smallest absolute Gasteiger partial charge is 0.227 e. The Morgan fingerprint density at radius 3 is 2.21 bits per heavy atom. The number of nitrogens with two attached hydrogens (primary N) is 1. The zero-order valence-electron chi connectivity index (χ0n) is 17.9. The van der Waals surface area contributed by atoms with E-state index in [0.717, 1.165) is 0 Å². The van der Waals surface area contributed by atoms with Gasteiger partial charge in [-0.25, -0.2) is 0 Å². The van der Waals surface area contributed by atoms with E-state index in [0.29, 0.717) is 29.5 Å². The topological polar surface area (TPSA) is 103 Å². The number of halogens is 1. The predicted octanol–water partition coefficient (Wildman–Crippen LogP) is 1.98. The van der Waals surface area contributed by atoms with E-state index in [1.54, 1.807) is 17.0 Å². The molecule has 2 unspecified atom stereocenters. The number of ether oxygens (including phenoxy) is 3. The van der Waals surface area contributed by atoms with Gasteiger partial charge >= 0.3 is 0 Å². The number of nitrogens with zero attached hydrogens (tertiary/aromatic N) is 1. The molecule has 0 spiro atoms. The van der Waals surface area contributed by atoms with Crippen LogP contribution in [-0.2, 0) is 9.59 Å². The summed E-state index contributed by atoms with van der Waals surface area (Å²) < 4.78 is 16.0. The molecule has 1 saturated heterocycles. The number of amides is 2. The van der Waals surface area contributed by atoms with Crippen molar-refractivity contribution >= 4 is 29.9 Å². The molecule has 2 rings (SSSR count). The SMILES string of the molecule is COc1cc(N2CC(C(=O)NC(C)(CN)C(C)C)CC2=O)cc(OC)c1OC.Cl. The third-order valence-corrected chi connectivity index (χ3v) is 5.56. The highest BCUT2D eigenvalue weighted by Gasteiger charge is 2.39. The van der Waals surface area contributed by atoms with Crippen molar-refractivity contribution in [3.63, 3.8) is 0 Å². The molecular weight excluding hydrogens is 398 g/mol. The largest absolute Gasteiger partial charge is 0.493 e. The second kappa shape index (κ2) is 10.0. The molecule has 0 bridgehead atoms. The van der Waals surface area contributed by atoms with Crippen molar-refractivity contribution in [2.75, 3.05) is 39.3 Å². The first-order valence-corrected chi connectivity index (χ1v) is 9.33. The Kier molecular flexibility index (Phi) is 8.59. The third kappa shape index (κ3) is 5.05. The highest BCUT2D eigenvalue weighted by molar-refractivity contribution is 6.00. The second-order valence-corrected chi connectivity index (χ2v) is 7.55.